The van der Waals surface area contributed by atoms with Gasteiger partial charge in [-0.15, -0.1) is 0 Å². The van der Waals surface area contributed by atoms with E-state index in [1.807, 2.05) is 18.2 Å². The second kappa shape index (κ2) is 6.29. The van der Waals surface area contributed by atoms with Gasteiger partial charge in [0.15, 0.2) is 6.20 Å². The first-order valence-electron chi connectivity index (χ1n) is 5.93. The fourth-order valence-corrected chi connectivity index (χ4v) is 1.98. The van der Waals surface area contributed by atoms with Crippen LogP contribution in [0.1, 0.15) is 20.8 Å². The summed E-state index contributed by atoms with van der Waals surface area (Å²) in [5.74, 6) is 0.0126. The molecule has 4 heteroatoms. The predicted molar refractivity (Wildman–Crippen MR) is 75.6 cm³/mol. The van der Waals surface area contributed by atoms with Gasteiger partial charge in [0, 0.05) is 17.7 Å². The number of nitrogens with zero attached hydrogens (tertiary/aromatic N) is 1. The number of benzene rings is 1. The lowest BCUT2D eigenvalue weighted by molar-refractivity contribution is -0.685. The van der Waals surface area contributed by atoms with Crippen molar-refractivity contribution in [3.05, 3.63) is 66.0 Å². The normalized spacial score (nSPS) is 10.2. The molecule has 19 heavy (non-hydrogen) atoms. The molecule has 1 heterocycles. The SMILES string of the molecule is O=C(C[n+]1ccccc1C(=O)CS)c1ccccc1. The van der Waals surface area contributed by atoms with Gasteiger partial charge in [0.25, 0.3) is 0 Å². The van der Waals surface area contributed by atoms with Crippen molar-refractivity contribution in [2.75, 3.05) is 5.75 Å². The molecular formula is C15H14NO2S+. The molecule has 0 aliphatic rings. The Morgan fingerprint density at radius 3 is 2.32 bits per heavy atom. The molecular weight excluding hydrogens is 258 g/mol. The van der Waals surface area contributed by atoms with Crippen LogP contribution in [0.3, 0.4) is 0 Å². The number of carbonyl (C=O) groups excluding carboxylic acids is 2. The average molecular weight is 272 g/mol. The lowest BCUT2D eigenvalue weighted by Crippen LogP contribution is -2.43. The van der Waals surface area contributed by atoms with Gasteiger partial charge >= 0.3 is 0 Å². The molecule has 0 atom stereocenters. The number of pyridine rings is 1. The molecule has 0 aliphatic carbocycles. The first kappa shape index (κ1) is 13.5. The third-order valence-electron chi connectivity index (χ3n) is 2.78. The molecule has 0 saturated carbocycles. The molecule has 96 valence electrons. The molecule has 3 nitrogen and oxygen atoms in total. The quantitative estimate of drug-likeness (QED) is 0.513. The number of Topliss-reactive ketones (excluding diaryl/α,β-unsaturated/α-hetero) is 2. The zero-order chi connectivity index (χ0) is 13.7. The van der Waals surface area contributed by atoms with Gasteiger partial charge < -0.3 is 0 Å². The second-order valence-corrected chi connectivity index (χ2v) is 4.40. The van der Waals surface area contributed by atoms with Crippen LogP contribution in [0.25, 0.3) is 0 Å². The van der Waals surface area contributed by atoms with E-state index in [1.54, 1.807) is 41.1 Å². The summed E-state index contributed by atoms with van der Waals surface area (Å²) in [5, 5.41) is 0. The number of aromatic nitrogens is 1. The Kier molecular flexibility index (Phi) is 4.47. The second-order valence-electron chi connectivity index (χ2n) is 4.08. The van der Waals surface area contributed by atoms with Gasteiger partial charge in [0.1, 0.15) is 0 Å². The molecule has 1 aromatic heterocycles. The summed E-state index contributed by atoms with van der Waals surface area (Å²) in [7, 11) is 0. The van der Waals surface area contributed by atoms with Crippen LogP contribution >= 0.6 is 12.6 Å². The Hall–Kier alpha value is -1.94. The van der Waals surface area contributed by atoms with Gasteiger partial charge in [-0.05, 0) is 6.07 Å². The van der Waals surface area contributed by atoms with Crippen LogP contribution in [0.2, 0.25) is 0 Å². The smallest absolute Gasteiger partial charge is 0.249 e. The summed E-state index contributed by atoms with van der Waals surface area (Å²) in [5.41, 5.74) is 1.14. The van der Waals surface area contributed by atoms with Gasteiger partial charge in [-0.25, -0.2) is 0 Å². The van der Waals surface area contributed by atoms with Crippen molar-refractivity contribution in [3.63, 3.8) is 0 Å². The number of hydrogen-bond donors (Lipinski definition) is 1. The van der Waals surface area contributed by atoms with Gasteiger partial charge in [-0.2, -0.15) is 17.2 Å². The Morgan fingerprint density at radius 2 is 1.63 bits per heavy atom. The van der Waals surface area contributed by atoms with Crippen molar-refractivity contribution < 1.29 is 14.2 Å². The monoisotopic (exact) mass is 272 g/mol. The molecule has 0 spiro atoms. The molecule has 2 rings (SSSR count). The predicted octanol–water partition coefficient (Wildman–Crippen LogP) is 1.97. The van der Waals surface area contributed by atoms with E-state index in [1.165, 1.54) is 0 Å². The Labute approximate surface area is 117 Å². The molecule has 0 saturated heterocycles. The van der Waals surface area contributed by atoms with Crippen molar-refractivity contribution in [3.8, 4) is 0 Å². The van der Waals surface area contributed by atoms with Crippen molar-refractivity contribution in [2.24, 2.45) is 0 Å². The topological polar surface area (TPSA) is 38.0 Å². The van der Waals surface area contributed by atoms with Crippen LogP contribution in [-0.4, -0.2) is 17.3 Å². The van der Waals surface area contributed by atoms with E-state index in [0.717, 1.165) is 0 Å². The summed E-state index contributed by atoms with van der Waals surface area (Å²) in [6.07, 6.45) is 1.73. The van der Waals surface area contributed by atoms with Gasteiger partial charge in [0.05, 0.1) is 5.75 Å². The van der Waals surface area contributed by atoms with Crippen LogP contribution in [0, 0.1) is 0 Å². The van der Waals surface area contributed by atoms with Gasteiger partial charge in [-0.3, -0.25) is 9.59 Å². The van der Waals surface area contributed by atoms with Crippen molar-refractivity contribution in [1.29, 1.82) is 0 Å². The number of carbonyl (C=O) groups is 2. The van der Waals surface area contributed by atoms with Crippen LogP contribution in [0.4, 0.5) is 0 Å². The molecule has 0 radical (unpaired) electrons. The summed E-state index contributed by atoms with van der Waals surface area (Å²) >= 11 is 3.99. The highest BCUT2D eigenvalue weighted by molar-refractivity contribution is 7.81. The third kappa shape index (κ3) is 3.29. The maximum absolute atomic E-state index is 12.1. The Morgan fingerprint density at radius 1 is 0.947 bits per heavy atom. The lowest BCUT2D eigenvalue weighted by atomic mass is 10.1. The van der Waals surface area contributed by atoms with Crippen LogP contribution in [0.5, 0.6) is 0 Å². The fourth-order valence-electron chi connectivity index (χ4n) is 1.82. The highest BCUT2D eigenvalue weighted by Crippen LogP contribution is 2.01. The summed E-state index contributed by atoms with van der Waals surface area (Å²) < 4.78 is 1.66. The van der Waals surface area contributed by atoms with Crippen molar-refractivity contribution >= 4 is 24.2 Å². The van der Waals surface area contributed by atoms with Gasteiger partial charge in [-0.1, -0.05) is 30.3 Å². The largest absolute Gasteiger partial charge is 0.287 e. The first-order valence-corrected chi connectivity index (χ1v) is 6.56. The van der Waals surface area contributed by atoms with E-state index in [-0.39, 0.29) is 23.9 Å². The minimum Gasteiger partial charge on any atom is -0.287 e. The zero-order valence-corrected chi connectivity index (χ0v) is 11.2. The van der Waals surface area contributed by atoms with Crippen molar-refractivity contribution in [1.82, 2.24) is 0 Å². The maximum Gasteiger partial charge on any atom is 0.249 e. The Bertz CT molecular complexity index is 596. The summed E-state index contributed by atoms with van der Waals surface area (Å²) in [6.45, 7) is 0.152. The number of hydrogen-bond acceptors (Lipinski definition) is 3. The maximum atomic E-state index is 12.1. The molecule has 2 aromatic rings. The van der Waals surface area contributed by atoms with Crippen LogP contribution < -0.4 is 4.57 Å². The average Bonchev–Trinajstić information content (AvgIpc) is 2.48. The van der Waals surface area contributed by atoms with E-state index in [0.29, 0.717) is 11.3 Å². The first-order chi connectivity index (χ1) is 9.22. The molecule has 1 aromatic carbocycles. The van der Waals surface area contributed by atoms with E-state index < -0.39 is 0 Å². The van der Waals surface area contributed by atoms with E-state index in [4.69, 9.17) is 0 Å². The number of rotatable bonds is 5. The minimum absolute atomic E-state index is 0.0231. The molecule has 0 unspecified atom stereocenters. The van der Waals surface area contributed by atoms with E-state index >= 15 is 0 Å². The molecule has 0 fully saturated rings. The summed E-state index contributed by atoms with van der Waals surface area (Å²) in [6, 6.07) is 14.3. The molecule has 0 amide bonds. The van der Waals surface area contributed by atoms with E-state index in [9.17, 15) is 9.59 Å². The highest BCUT2D eigenvalue weighted by atomic mass is 32.1. The number of thiol groups is 1. The summed E-state index contributed by atoms with van der Waals surface area (Å²) in [4.78, 5) is 23.9. The lowest BCUT2D eigenvalue weighted by Gasteiger charge is -2.01. The Balaban J connectivity index is 2.25. The fraction of sp³-hybridized carbons (Fsp3) is 0.133. The van der Waals surface area contributed by atoms with Crippen LogP contribution in [-0.2, 0) is 6.54 Å². The van der Waals surface area contributed by atoms with Crippen LogP contribution in [0.15, 0.2) is 54.7 Å². The molecule has 0 N–H and O–H groups in total. The van der Waals surface area contributed by atoms with E-state index in [2.05, 4.69) is 12.6 Å². The molecule has 0 bridgehead atoms. The van der Waals surface area contributed by atoms with Crippen molar-refractivity contribution in [2.45, 2.75) is 6.54 Å². The van der Waals surface area contributed by atoms with Gasteiger partial charge in [0.2, 0.25) is 23.8 Å². The minimum atomic E-state index is -0.0928. The molecule has 0 aliphatic heterocycles. The zero-order valence-electron chi connectivity index (χ0n) is 10.3. The third-order valence-corrected chi connectivity index (χ3v) is 3.07. The highest BCUT2D eigenvalue weighted by Gasteiger charge is 2.20. The number of ketones is 2. The standard InChI is InChI=1S/C15H13NO2S/c17-14(12-6-2-1-3-7-12)10-16-9-5-4-8-13(16)15(18)11-19/h1-9H,10-11H2/p+1.